The van der Waals surface area contributed by atoms with Crippen molar-refractivity contribution < 1.29 is 14.3 Å². The van der Waals surface area contributed by atoms with Crippen LogP contribution in [0, 0.1) is 0 Å². The number of anilines is 1. The second kappa shape index (κ2) is 9.80. The number of fused-ring (bicyclic) bond motifs is 1. The molecule has 5 aromatic rings. The van der Waals surface area contributed by atoms with Gasteiger partial charge in [-0.25, -0.2) is 9.67 Å². The van der Waals surface area contributed by atoms with Crippen molar-refractivity contribution >= 4 is 39.8 Å². The second-order valence-corrected chi connectivity index (χ2v) is 9.72. The molecule has 1 aliphatic heterocycles. The SMILES string of the molecule is O=C(/C=C/c1cn(-c2ccccc2)nc1-c1ccc2c(c1)OCCO2)Nc1nc(-c2cccs2)cs1. The lowest BCUT2D eigenvalue weighted by Crippen LogP contribution is -2.15. The third kappa shape index (κ3) is 4.66. The number of amides is 1. The Labute approximate surface area is 215 Å². The normalized spacial score (nSPS) is 12.7. The predicted octanol–water partition coefficient (Wildman–Crippen LogP) is 6.15. The minimum Gasteiger partial charge on any atom is -0.486 e. The standard InChI is InChI=1S/C27H20N4O3S2/c32-25(29-27-28-21(17-36-27)24-7-4-14-35-24)11-9-19-16-31(20-5-2-1-3-6-20)30-26(19)18-8-10-22-23(15-18)34-13-12-33-22/h1-11,14-17H,12-13H2,(H,28,29,32)/b11-9+. The summed E-state index contributed by atoms with van der Waals surface area (Å²) in [5.74, 6) is 1.14. The fraction of sp³-hybridized carbons (Fsp3) is 0.0741. The van der Waals surface area contributed by atoms with Gasteiger partial charge in [0.2, 0.25) is 5.91 Å². The van der Waals surface area contributed by atoms with Gasteiger partial charge < -0.3 is 9.47 Å². The van der Waals surface area contributed by atoms with Crippen molar-refractivity contribution in [1.82, 2.24) is 14.8 Å². The molecule has 7 nitrogen and oxygen atoms in total. The Morgan fingerprint density at radius 3 is 2.69 bits per heavy atom. The number of thiophene rings is 1. The summed E-state index contributed by atoms with van der Waals surface area (Å²) in [5.41, 5.74) is 4.18. The highest BCUT2D eigenvalue weighted by Crippen LogP contribution is 2.35. The van der Waals surface area contributed by atoms with Gasteiger partial charge in [0.1, 0.15) is 18.9 Å². The van der Waals surface area contributed by atoms with Crippen LogP contribution in [0.25, 0.3) is 33.6 Å². The molecule has 0 fully saturated rings. The topological polar surface area (TPSA) is 78.3 Å². The number of benzene rings is 2. The van der Waals surface area contributed by atoms with Crippen LogP contribution in [-0.4, -0.2) is 33.9 Å². The summed E-state index contributed by atoms with van der Waals surface area (Å²) in [7, 11) is 0. The van der Waals surface area contributed by atoms with E-state index in [1.165, 1.54) is 17.4 Å². The Hall–Kier alpha value is -4.21. The first-order valence-corrected chi connectivity index (χ1v) is 13.0. The maximum atomic E-state index is 12.7. The molecule has 9 heteroatoms. The Bertz CT molecular complexity index is 1540. The van der Waals surface area contributed by atoms with Crippen molar-refractivity contribution in [3.63, 3.8) is 0 Å². The van der Waals surface area contributed by atoms with Gasteiger partial charge in [-0.1, -0.05) is 24.3 Å². The molecule has 0 bridgehead atoms. The minimum absolute atomic E-state index is 0.261. The first-order chi connectivity index (χ1) is 17.7. The average molecular weight is 513 g/mol. The molecule has 1 amide bonds. The van der Waals surface area contributed by atoms with Gasteiger partial charge in [0.05, 0.1) is 16.3 Å². The molecule has 0 atom stereocenters. The molecule has 0 unspecified atom stereocenters. The summed E-state index contributed by atoms with van der Waals surface area (Å²) in [6.07, 6.45) is 5.17. The van der Waals surface area contributed by atoms with Gasteiger partial charge in [0, 0.05) is 28.8 Å². The molecule has 0 spiro atoms. The highest BCUT2D eigenvalue weighted by molar-refractivity contribution is 7.16. The first-order valence-electron chi connectivity index (χ1n) is 11.3. The van der Waals surface area contributed by atoms with Crippen molar-refractivity contribution in [1.29, 1.82) is 0 Å². The molecular weight excluding hydrogens is 492 g/mol. The number of hydrogen-bond acceptors (Lipinski definition) is 7. The summed E-state index contributed by atoms with van der Waals surface area (Å²) in [6, 6.07) is 19.6. The quantitative estimate of drug-likeness (QED) is 0.276. The van der Waals surface area contributed by atoms with E-state index in [2.05, 4.69) is 10.3 Å². The maximum absolute atomic E-state index is 12.7. The largest absolute Gasteiger partial charge is 0.486 e. The molecule has 36 heavy (non-hydrogen) atoms. The van der Waals surface area contributed by atoms with E-state index >= 15 is 0 Å². The number of ether oxygens (including phenoxy) is 2. The van der Waals surface area contributed by atoms with Gasteiger partial charge in [-0.05, 0) is 47.9 Å². The van der Waals surface area contributed by atoms with Gasteiger partial charge in [0.15, 0.2) is 16.6 Å². The van der Waals surface area contributed by atoms with Crippen LogP contribution in [0.15, 0.2) is 83.7 Å². The fourth-order valence-electron chi connectivity index (χ4n) is 3.82. The van der Waals surface area contributed by atoms with Crippen molar-refractivity contribution in [3.05, 3.63) is 89.3 Å². The second-order valence-electron chi connectivity index (χ2n) is 7.91. The van der Waals surface area contributed by atoms with E-state index in [0.29, 0.717) is 29.8 Å². The lowest BCUT2D eigenvalue weighted by Gasteiger charge is -2.18. The molecule has 6 rings (SSSR count). The van der Waals surface area contributed by atoms with Crippen LogP contribution in [0.2, 0.25) is 0 Å². The van der Waals surface area contributed by atoms with Crippen LogP contribution in [0.3, 0.4) is 0 Å². The van der Waals surface area contributed by atoms with E-state index < -0.39 is 0 Å². The van der Waals surface area contributed by atoms with Crippen molar-refractivity contribution in [2.45, 2.75) is 0 Å². The van der Waals surface area contributed by atoms with Crippen LogP contribution in [0.5, 0.6) is 11.5 Å². The third-order valence-electron chi connectivity index (χ3n) is 5.50. The smallest absolute Gasteiger partial charge is 0.250 e. The summed E-state index contributed by atoms with van der Waals surface area (Å²) < 4.78 is 13.2. The molecule has 0 saturated heterocycles. The van der Waals surface area contributed by atoms with Gasteiger partial charge in [-0.2, -0.15) is 5.10 Å². The van der Waals surface area contributed by atoms with Crippen LogP contribution >= 0.6 is 22.7 Å². The maximum Gasteiger partial charge on any atom is 0.250 e. The minimum atomic E-state index is -0.261. The first kappa shape index (κ1) is 22.3. The van der Waals surface area contributed by atoms with Gasteiger partial charge >= 0.3 is 0 Å². The molecule has 1 N–H and O–H groups in total. The lowest BCUT2D eigenvalue weighted by molar-refractivity contribution is -0.111. The number of carbonyl (C=O) groups is 1. The predicted molar refractivity (Wildman–Crippen MR) is 143 cm³/mol. The zero-order valence-corrected chi connectivity index (χ0v) is 20.6. The van der Waals surface area contributed by atoms with Gasteiger partial charge in [-0.15, -0.1) is 22.7 Å². The average Bonchev–Trinajstić information content (AvgIpc) is 3.69. The molecule has 1 aliphatic rings. The lowest BCUT2D eigenvalue weighted by atomic mass is 10.1. The van der Waals surface area contributed by atoms with E-state index in [4.69, 9.17) is 14.6 Å². The zero-order valence-electron chi connectivity index (χ0n) is 19.0. The third-order valence-corrected chi connectivity index (χ3v) is 7.15. The van der Waals surface area contributed by atoms with Gasteiger partial charge in [-0.3, -0.25) is 10.1 Å². The molecule has 2 aromatic carbocycles. The Kier molecular flexibility index (Phi) is 6.06. The number of rotatable bonds is 6. The monoisotopic (exact) mass is 512 g/mol. The van der Waals surface area contributed by atoms with Crippen LogP contribution < -0.4 is 14.8 Å². The highest BCUT2D eigenvalue weighted by atomic mass is 32.1. The van der Waals surface area contributed by atoms with Crippen molar-refractivity contribution in [3.8, 4) is 39.0 Å². The summed E-state index contributed by atoms with van der Waals surface area (Å²) in [6.45, 7) is 1.04. The molecule has 178 valence electrons. The number of hydrogen-bond donors (Lipinski definition) is 1. The van der Waals surface area contributed by atoms with Crippen molar-refractivity contribution in [2.24, 2.45) is 0 Å². The number of thiazole rings is 1. The van der Waals surface area contributed by atoms with E-state index in [1.807, 2.05) is 77.6 Å². The van der Waals surface area contributed by atoms with Crippen LogP contribution in [0.1, 0.15) is 5.56 Å². The number of para-hydroxylation sites is 1. The molecule has 3 aromatic heterocycles. The highest BCUT2D eigenvalue weighted by Gasteiger charge is 2.17. The number of nitrogens with one attached hydrogen (secondary N) is 1. The number of aromatic nitrogens is 3. The summed E-state index contributed by atoms with van der Waals surface area (Å²) in [4.78, 5) is 18.3. The van der Waals surface area contributed by atoms with E-state index in [-0.39, 0.29) is 5.91 Å². The van der Waals surface area contributed by atoms with E-state index in [9.17, 15) is 4.79 Å². The molecular formula is C27H20N4O3S2. The molecule has 4 heterocycles. The fourth-order valence-corrected chi connectivity index (χ4v) is 5.29. The number of carbonyl (C=O) groups excluding carboxylic acids is 1. The summed E-state index contributed by atoms with van der Waals surface area (Å²) >= 11 is 3.02. The Balaban J connectivity index is 1.28. The van der Waals surface area contributed by atoms with Crippen molar-refractivity contribution in [2.75, 3.05) is 18.5 Å². The number of nitrogens with zero attached hydrogens (tertiary/aromatic N) is 3. The summed E-state index contributed by atoms with van der Waals surface area (Å²) in [5, 5.41) is 12.2. The van der Waals surface area contributed by atoms with E-state index in [1.54, 1.807) is 22.1 Å². The molecule has 0 aliphatic carbocycles. The zero-order chi connectivity index (χ0) is 24.3. The van der Waals surface area contributed by atoms with E-state index in [0.717, 1.165) is 33.1 Å². The molecule has 0 radical (unpaired) electrons. The Morgan fingerprint density at radius 1 is 1.00 bits per heavy atom. The van der Waals surface area contributed by atoms with Crippen LogP contribution in [0.4, 0.5) is 5.13 Å². The van der Waals surface area contributed by atoms with Gasteiger partial charge in [0.25, 0.3) is 0 Å². The molecule has 0 saturated carbocycles. The Morgan fingerprint density at radius 2 is 1.86 bits per heavy atom. The van der Waals surface area contributed by atoms with Crippen LogP contribution in [-0.2, 0) is 4.79 Å².